The van der Waals surface area contributed by atoms with Crippen LogP contribution in [0.2, 0.25) is 0 Å². The van der Waals surface area contributed by atoms with Crippen molar-refractivity contribution in [2.75, 3.05) is 0 Å². The molecule has 0 fully saturated rings. The number of thiophene rings is 1. The Balaban J connectivity index is 1.49. The number of carbonyl (C=O) groups excluding carboxylic acids is 1. The van der Waals surface area contributed by atoms with Gasteiger partial charge in [0.1, 0.15) is 11.4 Å². The highest BCUT2D eigenvalue weighted by Gasteiger charge is 2.12. The Morgan fingerprint density at radius 2 is 1.93 bits per heavy atom. The Morgan fingerprint density at radius 3 is 2.69 bits per heavy atom. The van der Waals surface area contributed by atoms with Crippen molar-refractivity contribution in [1.82, 2.24) is 15.0 Å². The summed E-state index contributed by atoms with van der Waals surface area (Å²) in [5.74, 6) is -0.403. The SMILES string of the molecule is O=C(Cn1cnc2sc(-c3ccccc3)cc2c1=O)N/N=C/c1ccc(Br)cc1. The van der Waals surface area contributed by atoms with Crippen molar-refractivity contribution >= 4 is 49.6 Å². The van der Waals surface area contributed by atoms with Crippen molar-refractivity contribution in [2.24, 2.45) is 5.10 Å². The molecule has 0 atom stereocenters. The van der Waals surface area contributed by atoms with Gasteiger partial charge in [-0.15, -0.1) is 11.3 Å². The van der Waals surface area contributed by atoms with E-state index < -0.39 is 5.91 Å². The maximum absolute atomic E-state index is 12.7. The normalized spacial score (nSPS) is 11.2. The van der Waals surface area contributed by atoms with E-state index in [0.717, 1.165) is 20.5 Å². The van der Waals surface area contributed by atoms with Crippen LogP contribution in [0, 0.1) is 0 Å². The standard InChI is InChI=1S/C21H15BrN4O2S/c22-16-8-6-14(7-9-16)11-24-25-19(27)12-26-13-23-20-17(21(26)28)10-18(29-20)15-4-2-1-3-5-15/h1-11,13H,12H2,(H,25,27)/b24-11+. The van der Waals surface area contributed by atoms with E-state index in [0.29, 0.717) is 10.2 Å². The molecule has 8 heteroatoms. The summed E-state index contributed by atoms with van der Waals surface area (Å²) in [6, 6.07) is 19.1. The zero-order valence-corrected chi connectivity index (χ0v) is 17.5. The molecule has 29 heavy (non-hydrogen) atoms. The van der Waals surface area contributed by atoms with Gasteiger partial charge in [0.25, 0.3) is 11.5 Å². The lowest BCUT2D eigenvalue weighted by Crippen LogP contribution is -2.29. The molecule has 4 rings (SSSR count). The van der Waals surface area contributed by atoms with Crippen LogP contribution in [0.25, 0.3) is 20.7 Å². The highest BCUT2D eigenvalue weighted by atomic mass is 79.9. The van der Waals surface area contributed by atoms with Gasteiger partial charge in [0.2, 0.25) is 0 Å². The number of aromatic nitrogens is 2. The monoisotopic (exact) mass is 466 g/mol. The number of amides is 1. The molecule has 0 bridgehead atoms. The summed E-state index contributed by atoms with van der Waals surface area (Å²) in [6.07, 6.45) is 2.94. The molecular weight excluding hydrogens is 452 g/mol. The number of rotatable bonds is 5. The smallest absolute Gasteiger partial charge is 0.262 e. The summed E-state index contributed by atoms with van der Waals surface area (Å²) >= 11 is 4.81. The molecule has 1 amide bonds. The molecule has 0 spiro atoms. The quantitative estimate of drug-likeness (QED) is 0.356. The van der Waals surface area contributed by atoms with Gasteiger partial charge in [-0.1, -0.05) is 58.4 Å². The van der Waals surface area contributed by atoms with Crippen molar-refractivity contribution in [1.29, 1.82) is 0 Å². The molecule has 0 aliphatic heterocycles. The van der Waals surface area contributed by atoms with E-state index in [-0.39, 0.29) is 12.1 Å². The average molecular weight is 467 g/mol. The number of fused-ring (bicyclic) bond motifs is 1. The van der Waals surface area contributed by atoms with Crippen LogP contribution in [0.5, 0.6) is 0 Å². The van der Waals surface area contributed by atoms with Gasteiger partial charge in [-0.25, -0.2) is 10.4 Å². The zero-order valence-electron chi connectivity index (χ0n) is 15.1. The van der Waals surface area contributed by atoms with E-state index in [1.165, 1.54) is 22.2 Å². The molecule has 0 aliphatic rings. The molecule has 2 heterocycles. The number of halogens is 1. The lowest BCUT2D eigenvalue weighted by Gasteiger charge is -2.03. The fourth-order valence-corrected chi connectivity index (χ4v) is 3.99. The first kappa shape index (κ1) is 19.2. The minimum Gasteiger partial charge on any atom is -0.289 e. The molecular formula is C21H15BrN4O2S. The number of hydrogen-bond acceptors (Lipinski definition) is 5. The first-order valence-corrected chi connectivity index (χ1v) is 10.3. The van der Waals surface area contributed by atoms with Gasteiger partial charge in [0.05, 0.1) is 17.9 Å². The Labute approximate surface area is 178 Å². The number of hydrazone groups is 1. The van der Waals surface area contributed by atoms with E-state index in [9.17, 15) is 9.59 Å². The Bertz CT molecular complexity index is 1250. The van der Waals surface area contributed by atoms with Gasteiger partial charge in [0, 0.05) is 9.35 Å². The molecule has 0 radical (unpaired) electrons. The second kappa shape index (κ2) is 8.50. The zero-order chi connectivity index (χ0) is 20.2. The van der Waals surface area contributed by atoms with Crippen LogP contribution in [0.4, 0.5) is 0 Å². The van der Waals surface area contributed by atoms with Gasteiger partial charge < -0.3 is 0 Å². The fraction of sp³-hybridized carbons (Fsp3) is 0.0476. The molecule has 0 unspecified atom stereocenters. The molecule has 2 aromatic carbocycles. The highest BCUT2D eigenvalue weighted by molar-refractivity contribution is 9.10. The van der Waals surface area contributed by atoms with Crippen LogP contribution in [-0.4, -0.2) is 21.7 Å². The van der Waals surface area contributed by atoms with Crippen molar-refractivity contribution in [3.8, 4) is 10.4 Å². The maximum atomic E-state index is 12.7. The van der Waals surface area contributed by atoms with Crippen molar-refractivity contribution in [3.63, 3.8) is 0 Å². The van der Waals surface area contributed by atoms with Crippen LogP contribution in [0.1, 0.15) is 5.56 Å². The average Bonchev–Trinajstić information content (AvgIpc) is 3.18. The van der Waals surface area contributed by atoms with Crippen LogP contribution >= 0.6 is 27.3 Å². The Hall–Kier alpha value is -3.10. The van der Waals surface area contributed by atoms with Crippen molar-refractivity contribution in [2.45, 2.75) is 6.54 Å². The van der Waals surface area contributed by atoms with E-state index in [1.54, 1.807) is 6.21 Å². The minimum absolute atomic E-state index is 0.157. The minimum atomic E-state index is -0.403. The van der Waals surface area contributed by atoms with Crippen molar-refractivity contribution < 1.29 is 4.79 Å². The van der Waals surface area contributed by atoms with Gasteiger partial charge in [-0.05, 0) is 29.3 Å². The summed E-state index contributed by atoms with van der Waals surface area (Å²) in [7, 11) is 0. The summed E-state index contributed by atoms with van der Waals surface area (Å²) in [5, 5.41) is 4.43. The molecule has 0 saturated heterocycles. The third-order valence-electron chi connectivity index (χ3n) is 4.16. The largest absolute Gasteiger partial charge is 0.289 e. The lowest BCUT2D eigenvalue weighted by molar-refractivity contribution is -0.121. The maximum Gasteiger partial charge on any atom is 0.262 e. The first-order valence-electron chi connectivity index (χ1n) is 8.72. The van der Waals surface area contributed by atoms with Gasteiger partial charge in [-0.3, -0.25) is 14.2 Å². The first-order chi connectivity index (χ1) is 14.1. The van der Waals surface area contributed by atoms with Gasteiger partial charge >= 0.3 is 0 Å². The van der Waals surface area contributed by atoms with Crippen LogP contribution in [0.3, 0.4) is 0 Å². The van der Waals surface area contributed by atoms with E-state index >= 15 is 0 Å². The summed E-state index contributed by atoms with van der Waals surface area (Å²) < 4.78 is 2.25. The third-order valence-corrected chi connectivity index (χ3v) is 5.78. The predicted molar refractivity (Wildman–Crippen MR) is 119 cm³/mol. The Kier molecular flexibility index (Phi) is 5.64. The van der Waals surface area contributed by atoms with Crippen molar-refractivity contribution in [3.05, 3.63) is 87.4 Å². The molecule has 4 aromatic rings. The Morgan fingerprint density at radius 1 is 1.17 bits per heavy atom. The van der Waals surface area contributed by atoms with E-state index in [2.05, 4.69) is 31.4 Å². The number of carbonyl (C=O) groups is 1. The summed E-state index contributed by atoms with van der Waals surface area (Å²) in [5.41, 5.74) is 4.06. The number of nitrogens with zero attached hydrogens (tertiary/aromatic N) is 3. The van der Waals surface area contributed by atoms with E-state index in [1.807, 2.05) is 60.7 Å². The summed E-state index contributed by atoms with van der Waals surface area (Å²) in [6.45, 7) is -0.157. The molecule has 1 N–H and O–H groups in total. The molecule has 6 nitrogen and oxygen atoms in total. The summed E-state index contributed by atoms with van der Waals surface area (Å²) in [4.78, 5) is 30.8. The number of benzene rings is 2. The highest BCUT2D eigenvalue weighted by Crippen LogP contribution is 2.30. The van der Waals surface area contributed by atoms with Crippen LogP contribution in [-0.2, 0) is 11.3 Å². The number of nitrogens with one attached hydrogen (secondary N) is 1. The third kappa shape index (κ3) is 4.49. The predicted octanol–water partition coefficient (Wildman–Crippen LogP) is 4.04. The fourth-order valence-electron chi connectivity index (χ4n) is 2.73. The second-order valence-corrected chi connectivity index (χ2v) is 8.16. The van der Waals surface area contributed by atoms with Gasteiger partial charge in [0.15, 0.2) is 0 Å². The number of hydrogen-bond donors (Lipinski definition) is 1. The molecule has 2 aromatic heterocycles. The molecule has 0 aliphatic carbocycles. The van der Waals surface area contributed by atoms with E-state index in [4.69, 9.17) is 0 Å². The van der Waals surface area contributed by atoms with Gasteiger partial charge in [-0.2, -0.15) is 5.10 Å². The van der Waals surface area contributed by atoms with Crippen LogP contribution < -0.4 is 11.0 Å². The second-order valence-electron chi connectivity index (χ2n) is 6.22. The van der Waals surface area contributed by atoms with Crippen LogP contribution in [0.15, 0.2) is 81.4 Å². The molecule has 144 valence electrons. The topological polar surface area (TPSA) is 76.3 Å². The molecule has 0 saturated carbocycles. The lowest BCUT2D eigenvalue weighted by atomic mass is 10.2.